The second-order valence-electron chi connectivity index (χ2n) is 2.13. The van der Waals surface area contributed by atoms with Gasteiger partial charge in [-0.1, -0.05) is 5.10 Å². The fourth-order valence-electron chi connectivity index (χ4n) is 0.769. The fourth-order valence-corrected chi connectivity index (χ4v) is 1.56. The third-order valence-electron chi connectivity index (χ3n) is 1.31. The molecule has 6 heteroatoms. The van der Waals surface area contributed by atoms with Crippen LogP contribution in [0.4, 0.5) is 5.13 Å². The topological polar surface area (TPSA) is 78.6 Å². The van der Waals surface area contributed by atoms with Gasteiger partial charge in [-0.25, -0.2) is 5.43 Å². The summed E-state index contributed by atoms with van der Waals surface area (Å²) in [5, 5.41) is 13.9. The summed E-state index contributed by atoms with van der Waals surface area (Å²) < 4.78 is 0. The lowest BCUT2D eigenvalue weighted by molar-refractivity contribution is -0.689. The van der Waals surface area contributed by atoms with Crippen molar-refractivity contribution in [3.05, 3.63) is 5.01 Å². The molecule has 1 heterocycles. The van der Waals surface area contributed by atoms with Crippen LogP contribution >= 0.6 is 11.3 Å². The zero-order chi connectivity index (χ0) is 8.97. The number of aryl methyl sites for hydroxylation is 1. The number of nitrogens with one attached hydrogen (secondary N) is 1. The standard InChI is InChI=1S/C6H9N5S/c1-9-11-6(8)12-5(10-11)3-2-4-7/h8-9H,2-3H2,1H3/p+1. The van der Waals surface area contributed by atoms with Crippen molar-refractivity contribution in [2.24, 2.45) is 0 Å². The first kappa shape index (κ1) is 8.74. The maximum absolute atomic E-state index is 8.33. The minimum Gasteiger partial charge on any atom is -0.274 e. The molecule has 64 valence electrons. The van der Waals surface area contributed by atoms with Crippen molar-refractivity contribution in [2.45, 2.75) is 12.8 Å². The number of aromatic nitrogens is 2. The first-order valence-corrected chi connectivity index (χ1v) is 4.31. The molecule has 1 aromatic heterocycles. The van der Waals surface area contributed by atoms with Crippen LogP contribution in [-0.2, 0) is 6.42 Å². The zero-order valence-corrected chi connectivity index (χ0v) is 7.56. The molecule has 0 atom stereocenters. The van der Waals surface area contributed by atoms with E-state index in [9.17, 15) is 0 Å². The molecule has 1 rings (SSSR count). The van der Waals surface area contributed by atoms with Crippen LogP contribution in [0.5, 0.6) is 0 Å². The lowest BCUT2D eigenvalue weighted by atomic mass is 10.3. The molecule has 0 amide bonds. The predicted octanol–water partition coefficient (Wildman–Crippen LogP) is -0.358. The summed E-state index contributed by atoms with van der Waals surface area (Å²) in [5.41, 5.74) is 8.40. The summed E-state index contributed by atoms with van der Waals surface area (Å²) in [4.78, 5) is 1.50. The van der Waals surface area contributed by atoms with Crippen molar-refractivity contribution >= 4 is 16.5 Å². The predicted molar refractivity (Wildman–Crippen MR) is 45.9 cm³/mol. The summed E-state index contributed by atoms with van der Waals surface area (Å²) in [6.07, 6.45) is 1.15. The molecule has 0 unspecified atom stereocenters. The third-order valence-corrected chi connectivity index (χ3v) is 2.21. The average Bonchev–Trinajstić information content (AvgIpc) is 2.43. The summed E-state index contributed by atoms with van der Waals surface area (Å²) in [6, 6.07) is 2.06. The number of nitrogens with zero attached hydrogens (tertiary/aromatic N) is 3. The molecular formula is C6H10N5S+. The van der Waals surface area contributed by atoms with Crippen molar-refractivity contribution in [3.63, 3.8) is 0 Å². The fraction of sp³-hybridized carbons (Fsp3) is 0.500. The van der Waals surface area contributed by atoms with E-state index in [2.05, 4.69) is 16.6 Å². The van der Waals surface area contributed by atoms with Crippen LogP contribution in [0.25, 0.3) is 0 Å². The average molecular weight is 184 g/mol. The Labute approximate surface area is 74.4 Å². The van der Waals surface area contributed by atoms with Crippen LogP contribution in [0.2, 0.25) is 0 Å². The molecule has 0 aliphatic heterocycles. The SMILES string of the molecule is CN[n+]1nc(CCC#N)sc1N. The van der Waals surface area contributed by atoms with E-state index in [0.717, 1.165) is 5.01 Å². The quantitative estimate of drug-likeness (QED) is 0.629. The molecule has 12 heavy (non-hydrogen) atoms. The summed E-state index contributed by atoms with van der Waals surface area (Å²) >= 11 is 1.39. The molecular weight excluding hydrogens is 174 g/mol. The van der Waals surface area contributed by atoms with Gasteiger partial charge in [0, 0.05) is 19.9 Å². The van der Waals surface area contributed by atoms with Crippen molar-refractivity contribution < 1.29 is 4.79 Å². The molecule has 0 radical (unpaired) electrons. The highest BCUT2D eigenvalue weighted by Crippen LogP contribution is 2.10. The zero-order valence-electron chi connectivity index (χ0n) is 6.74. The van der Waals surface area contributed by atoms with E-state index in [4.69, 9.17) is 11.0 Å². The smallest absolute Gasteiger partial charge is 0.274 e. The minimum atomic E-state index is 0.483. The first-order chi connectivity index (χ1) is 5.77. The maximum atomic E-state index is 8.33. The van der Waals surface area contributed by atoms with E-state index < -0.39 is 0 Å². The van der Waals surface area contributed by atoms with Gasteiger partial charge >= 0.3 is 5.13 Å². The van der Waals surface area contributed by atoms with Gasteiger partial charge in [-0.15, -0.1) is 0 Å². The van der Waals surface area contributed by atoms with Gasteiger partial charge in [0.15, 0.2) is 0 Å². The number of nitriles is 1. The maximum Gasteiger partial charge on any atom is 0.378 e. The molecule has 0 aliphatic carbocycles. The molecule has 0 spiro atoms. The Morgan fingerprint density at radius 3 is 3.08 bits per heavy atom. The van der Waals surface area contributed by atoms with Gasteiger partial charge in [0.2, 0.25) is 0 Å². The van der Waals surface area contributed by atoms with Gasteiger partial charge in [-0.05, 0) is 16.1 Å². The summed E-state index contributed by atoms with van der Waals surface area (Å²) in [6.45, 7) is 0. The Morgan fingerprint density at radius 1 is 1.83 bits per heavy atom. The number of rotatable bonds is 3. The van der Waals surface area contributed by atoms with Crippen LogP contribution in [0.15, 0.2) is 0 Å². The summed E-state index contributed by atoms with van der Waals surface area (Å²) in [5.74, 6) is 0. The Kier molecular flexibility index (Phi) is 2.82. The van der Waals surface area contributed by atoms with E-state index in [0.29, 0.717) is 18.0 Å². The number of nitrogens with two attached hydrogens (primary N) is 1. The number of hydrogen-bond acceptors (Lipinski definition) is 5. The van der Waals surface area contributed by atoms with E-state index in [1.165, 1.54) is 16.1 Å². The monoisotopic (exact) mass is 184 g/mol. The van der Waals surface area contributed by atoms with E-state index in [1.807, 2.05) is 0 Å². The van der Waals surface area contributed by atoms with Gasteiger partial charge in [-0.3, -0.25) is 5.73 Å². The molecule has 0 aromatic carbocycles. The Morgan fingerprint density at radius 2 is 2.58 bits per heavy atom. The number of hydrogen-bond donors (Lipinski definition) is 2. The third kappa shape index (κ3) is 1.83. The van der Waals surface area contributed by atoms with Crippen molar-refractivity contribution in [1.29, 1.82) is 5.26 Å². The molecule has 5 nitrogen and oxygen atoms in total. The molecule has 0 saturated heterocycles. The molecule has 3 N–H and O–H groups in total. The Hall–Kier alpha value is -1.35. The number of nitrogen functional groups attached to an aromatic ring is 1. The van der Waals surface area contributed by atoms with Crippen molar-refractivity contribution in [1.82, 2.24) is 5.10 Å². The Bertz CT molecular complexity index is 299. The van der Waals surface area contributed by atoms with Gasteiger partial charge < -0.3 is 0 Å². The second kappa shape index (κ2) is 3.88. The normalized spacial score (nSPS) is 9.33. The highest BCUT2D eigenvalue weighted by molar-refractivity contribution is 7.14. The minimum absolute atomic E-state index is 0.483. The van der Waals surface area contributed by atoms with Gasteiger partial charge in [0.1, 0.15) is 5.01 Å². The van der Waals surface area contributed by atoms with Crippen LogP contribution in [0, 0.1) is 11.3 Å². The first-order valence-electron chi connectivity index (χ1n) is 3.50. The van der Waals surface area contributed by atoms with E-state index >= 15 is 0 Å². The van der Waals surface area contributed by atoms with Crippen LogP contribution in [-0.4, -0.2) is 12.1 Å². The Balaban J connectivity index is 2.70. The largest absolute Gasteiger partial charge is 0.378 e. The molecule has 0 aliphatic rings. The van der Waals surface area contributed by atoms with Crippen molar-refractivity contribution in [2.75, 3.05) is 18.2 Å². The lowest BCUT2D eigenvalue weighted by Gasteiger charge is -1.87. The van der Waals surface area contributed by atoms with Gasteiger partial charge in [-0.2, -0.15) is 5.26 Å². The van der Waals surface area contributed by atoms with E-state index in [1.54, 1.807) is 7.05 Å². The van der Waals surface area contributed by atoms with Crippen LogP contribution < -0.4 is 16.0 Å². The van der Waals surface area contributed by atoms with E-state index in [-0.39, 0.29) is 0 Å². The second-order valence-corrected chi connectivity index (χ2v) is 3.22. The summed E-state index contributed by atoms with van der Waals surface area (Å²) in [7, 11) is 1.74. The number of anilines is 1. The van der Waals surface area contributed by atoms with Gasteiger partial charge in [0.25, 0.3) is 0 Å². The van der Waals surface area contributed by atoms with Gasteiger partial charge in [0.05, 0.1) is 6.07 Å². The highest BCUT2D eigenvalue weighted by atomic mass is 32.1. The molecule has 0 fully saturated rings. The molecule has 0 saturated carbocycles. The molecule has 0 bridgehead atoms. The van der Waals surface area contributed by atoms with Crippen molar-refractivity contribution in [3.8, 4) is 6.07 Å². The van der Waals surface area contributed by atoms with Crippen LogP contribution in [0.3, 0.4) is 0 Å². The highest BCUT2D eigenvalue weighted by Gasteiger charge is 2.11. The molecule has 1 aromatic rings. The van der Waals surface area contributed by atoms with Crippen LogP contribution in [0.1, 0.15) is 11.4 Å². The lowest BCUT2D eigenvalue weighted by Crippen LogP contribution is -2.46.